The van der Waals surface area contributed by atoms with Crippen LogP contribution in [0.2, 0.25) is 0 Å². The fourth-order valence-electron chi connectivity index (χ4n) is 4.42. The van der Waals surface area contributed by atoms with E-state index in [1.54, 1.807) is 37.1 Å². The lowest BCUT2D eigenvalue weighted by Crippen LogP contribution is -2.43. The van der Waals surface area contributed by atoms with Gasteiger partial charge in [-0.2, -0.15) is 0 Å². The van der Waals surface area contributed by atoms with E-state index in [1.807, 2.05) is 6.92 Å². The summed E-state index contributed by atoms with van der Waals surface area (Å²) in [6.45, 7) is 7.32. The number of ether oxygens (including phenoxy) is 3. The number of rotatable bonds is 8. The molecule has 3 heterocycles. The quantitative estimate of drug-likeness (QED) is 0.567. The van der Waals surface area contributed by atoms with Crippen LogP contribution in [0.1, 0.15) is 32.0 Å². The van der Waals surface area contributed by atoms with Gasteiger partial charge in [-0.15, -0.1) is 11.3 Å². The molecule has 1 saturated heterocycles. The van der Waals surface area contributed by atoms with Crippen molar-refractivity contribution in [2.45, 2.75) is 19.9 Å². The highest BCUT2D eigenvalue weighted by Crippen LogP contribution is 2.44. The van der Waals surface area contributed by atoms with Crippen LogP contribution in [0.4, 0.5) is 0 Å². The summed E-state index contributed by atoms with van der Waals surface area (Å²) in [6.07, 6.45) is 0. The summed E-state index contributed by atoms with van der Waals surface area (Å²) in [7, 11) is 3.08. The molecule has 4 rings (SSSR count). The van der Waals surface area contributed by atoms with Gasteiger partial charge in [0.05, 0.1) is 54.6 Å². The first-order valence-electron chi connectivity index (χ1n) is 11.1. The predicted octanol–water partition coefficient (Wildman–Crippen LogP) is 2.69. The summed E-state index contributed by atoms with van der Waals surface area (Å²) in [5, 5.41) is 11.7. The molecule has 0 saturated carbocycles. The van der Waals surface area contributed by atoms with Crippen LogP contribution in [-0.2, 0) is 9.53 Å². The van der Waals surface area contributed by atoms with Gasteiger partial charge in [0.15, 0.2) is 5.76 Å². The third-order valence-electron chi connectivity index (χ3n) is 6.15. The summed E-state index contributed by atoms with van der Waals surface area (Å²) in [6, 6.07) is 4.43. The van der Waals surface area contributed by atoms with Crippen LogP contribution in [0.5, 0.6) is 11.5 Å². The van der Waals surface area contributed by atoms with Gasteiger partial charge in [0.2, 0.25) is 5.78 Å². The molecule has 1 amide bonds. The van der Waals surface area contributed by atoms with Gasteiger partial charge in [0, 0.05) is 37.8 Å². The van der Waals surface area contributed by atoms with Crippen molar-refractivity contribution in [2.75, 3.05) is 53.6 Å². The van der Waals surface area contributed by atoms with Crippen LogP contribution in [0.3, 0.4) is 0 Å². The number of hydrogen-bond acceptors (Lipinski definition) is 9. The van der Waals surface area contributed by atoms with E-state index in [-0.39, 0.29) is 5.57 Å². The minimum Gasteiger partial charge on any atom is -0.503 e. The molecule has 0 aliphatic carbocycles. The predicted molar refractivity (Wildman–Crippen MR) is 127 cm³/mol. The number of methoxy groups -OCH3 is 2. The van der Waals surface area contributed by atoms with Crippen molar-refractivity contribution in [1.29, 1.82) is 0 Å². The number of aliphatic hydroxyl groups excluding tert-OH is 1. The number of amides is 1. The Labute approximate surface area is 202 Å². The SMILES string of the molecule is COc1ccc(C2C(C(=O)c3sc(C)nc3C)=C(O)C(=O)N2CCN2CCOCC2)c(OC)c1. The third kappa shape index (κ3) is 4.53. The Kier molecular flexibility index (Phi) is 7.20. The standard InChI is InChI=1S/C24H29N3O6S/c1-14-23(34-15(2)25-14)21(28)19-20(17-6-5-16(31-3)13-18(17)32-4)27(24(30)22(19)29)8-7-26-9-11-33-12-10-26/h5-6,13,20,29H,7-12H2,1-4H3. The molecule has 1 aromatic carbocycles. The van der Waals surface area contributed by atoms with E-state index in [4.69, 9.17) is 14.2 Å². The number of benzene rings is 1. The van der Waals surface area contributed by atoms with Gasteiger partial charge in [0.25, 0.3) is 5.91 Å². The number of aliphatic hydroxyl groups is 1. The Morgan fingerprint density at radius 1 is 1.21 bits per heavy atom. The lowest BCUT2D eigenvalue weighted by atomic mass is 9.94. The van der Waals surface area contributed by atoms with Crippen molar-refractivity contribution < 1.29 is 28.9 Å². The Morgan fingerprint density at radius 3 is 2.56 bits per heavy atom. The van der Waals surface area contributed by atoms with E-state index in [0.717, 1.165) is 18.1 Å². The normalized spacial score (nSPS) is 19.1. The maximum Gasteiger partial charge on any atom is 0.290 e. The highest BCUT2D eigenvalue weighted by atomic mass is 32.1. The van der Waals surface area contributed by atoms with E-state index >= 15 is 0 Å². The molecule has 1 aromatic heterocycles. The van der Waals surface area contributed by atoms with Gasteiger partial charge in [-0.25, -0.2) is 4.98 Å². The van der Waals surface area contributed by atoms with Crippen molar-refractivity contribution in [3.63, 3.8) is 0 Å². The minimum atomic E-state index is -0.802. The molecule has 1 unspecified atom stereocenters. The number of ketones is 1. The molecule has 10 heteroatoms. The van der Waals surface area contributed by atoms with Crippen LogP contribution in [0.25, 0.3) is 0 Å². The van der Waals surface area contributed by atoms with Gasteiger partial charge in [-0.1, -0.05) is 0 Å². The highest BCUT2D eigenvalue weighted by molar-refractivity contribution is 7.14. The van der Waals surface area contributed by atoms with Crippen LogP contribution in [0.15, 0.2) is 29.5 Å². The second-order valence-corrected chi connectivity index (χ2v) is 9.40. The first-order valence-corrected chi connectivity index (χ1v) is 11.9. The Bertz CT molecular complexity index is 1120. The number of thiazole rings is 1. The summed E-state index contributed by atoms with van der Waals surface area (Å²) in [4.78, 5) is 35.5. The zero-order chi connectivity index (χ0) is 24.4. The second kappa shape index (κ2) is 10.1. The van der Waals surface area contributed by atoms with Crippen molar-refractivity contribution >= 4 is 23.0 Å². The molecular weight excluding hydrogens is 458 g/mol. The zero-order valence-corrected chi connectivity index (χ0v) is 20.6. The first-order chi connectivity index (χ1) is 16.3. The van der Waals surface area contributed by atoms with Crippen LogP contribution >= 0.6 is 11.3 Å². The smallest absolute Gasteiger partial charge is 0.290 e. The van der Waals surface area contributed by atoms with Gasteiger partial charge in [0.1, 0.15) is 11.5 Å². The second-order valence-electron chi connectivity index (χ2n) is 8.20. The Hall–Kier alpha value is -2.95. The number of morpholine rings is 1. The molecule has 34 heavy (non-hydrogen) atoms. The average molecular weight is 488 g/mol. The summed E-state index contributed by atoms with van der Waals surface area (Å²) >= 11 is 1.25. The molecule has 1 fully saturated rings. The average Bonchev–Trinajstić information content (AvgIpc) is 3.32. The topological polar surface area (TPSA) is 101 Å². The maximum absolute atomic E-state index is 13.7. The molecular formula is C24H29N3O6S. The van der Waals surface area contributed by atoms with Crippen LogP contribution in [-0.4, -0.2) is 85.2 Å². The summed E-state index contributed by atoms with van der Waals surface area (Å²) in [5.74, 6) is -0.449. The largest absolute Gasteiger partial charge is 0.503 e. The fraction of sp³-hybridized carbons (Fsp3) is 0.458. The van der Waals surface area contributed by atoms with E-state index in [9.17, 15) is 14.7 Å². The molecule has 0 bridgehead atoms. The number of Topliss-reactive ketones (excluding diaryl/α,β-unsaturated/α-hetero) is 1. The summed E-state index contributed by atoms with van der Waals surface area (Å²) in [5.41, 5.74) is 1.22. The molecule has 1 N–H and O–H groups in total. The summed E-state index contributed by atoms with van der Waals surface area (Å²) < 4.78 is 16.3. The number of hydrogen-bond donors (Lipinski definition) is 1. The molecule has 1 atom stereocenters. The van der Waals surface area contributed by atoms with Crippen molar-refractivity contribution in [1.82, 2.24) is 14.8 Å². The number of aromatic nitrogens is 1. The minimum absolute atomic E-state index is 0.0437. The monoisotopic (exact) mass is 487 g/mol. The zero-order valence-electron chi connectivity index (χ0n) is 19.8. The van der Waals surface area contributed by atoms with Crippen molar-refractivity contribution in [2.24, 2.45) is 0 Å². The van der Waals surface area contributed by atoms with E-state index in [1.165, 1.54) is 18.4 Å². The van der Waals surface area contributed by atoms with E-state index in [0.29, 0.717) is 53.9 Å². The number of carbonyl (C=O) groups is 2. The van der Waals surface area contributed by atoms with Crippen LogP contribution in [0, 0.1) is 13.8 Å². The molecule has 182 valence electrons. The van der Waals surface area contributed by atoms with Gasteiger partial charge < -0.3 is 24.2 Å². The molecule has 0 spiro atoms. The molecule has 0 radical (unpaired) electrons. The Balaban J connectivity index is 1.76. The van der Waals surface area contributed by atoms with Crippen molar-refractivity contribution in [3.05, 3.63) is 50.7 Å². The van der Waals surface area contributed by atoms with Crippen molar-refractivity contribution in [3.8, 4) is 11.5 Å². The van der Waals surface area contributed by atoms with Gasteiger partial charge in [-0.3, -0.25) is 14.5 Å². The van der Waals surface area contributed by atoms with E-state index in [2.05, 4.69) is 9.88 Å². The number of nitrogens with zero attached hydrogens (tertiary/aromatic N) is 3. The maximum atomic E-state index is 13.7. The highest BCUT2D eigenvalue weighted by Gasteiger charge is 2.45. The van der Waals surface area contributed by atoms with Gasteiger partial charge in [-0.05, 0) is 26.0 Å². The molecule has 9 nitrogen and oxygen atoms in total. The lowest BCUT2D eigenvalue weighted by Gasteiger charge is -2.32. The van der Waals surface area contributed by atoms with Gasteiger partial charge >= 0.3 is 0 Å². The third-order valence-corrected chi connectivity index (χ3v) is 7.23. The molecule has 2 aliphatic heterocycles. The molecule has 2 aliphatic rings. The molecule has 2 aromatic rings. The fourth-order valence-corrected chi connectivity index (χ4v) is 5.30. The van der Waals surface area contributed by atoms with Crippen LogP contribution < -0.4 is 9.47 Å². The Morgan fingerprint density at radius 2 is 1.94 bits per heavy atom. The first kappa shape index (κ1) is 24.2. The number of aryl methyl sites for hydroxylation is 2. The lowest BCUT2D eigenvalue weighted by molar-refractivity contribution is -0.129. The van der Waals surface area contributed by atoms with E-state index < -0.39 is 23.5 Å². The number of carbonyl (C=O) groups excluding carboxylic acids is 2.